The van der Waals surface area contributed by atoms with Crippen molar-refractivity contribution < 1.29 is 9.21 Å². The van der Waals surface area contributed by atoms with Gasteiger partial charge in [-0.3, -0.25) is 4.79 Å². The van der Waals surface area contributed by atoms with Crippen LogP contribution in [0.15, 0.2) is 59.2 Å². The molecule has 0 saturated heterocycles. The highest BCUT2D eigenvalue weighted by Gasteiger charge is 2.08. The van der Waals surface area contributed by atoms with Gasteiger partial charge in [0.15, 0.2) is 5.78 Å². The van der Waals surface area contributed by atoms with Crippen molar-refractivity contribution in [2.24, 2.45) is 5.92 Å². The minimum Gasteiger partial charge on any atom is -0.465 e. The Bertz CT molecular complexity index is 509. The number of hydrogen-bond donors (Lipinski definition) is 0. The van der Waals surface area contributed by atoms with Gasteiger partial charge in [-0.15, -0.1) is 0 Å². The van der Waals surface area contributed by atoms with E-state index in [-0.39, 0.29) is 11.7 Å². The summed E-state index contributed by atoms with van der Waals surface area (Å²) in [5.41, 5.74) is 0.774. The van der Waals surface area contributed by atoms with Gasteiger partial charge in [0.05, 0.1) is 6.26 Å². The summed E-state index contributed by atoms with van der Waals surface area (Å²) in [6.45, 7) is 2.03. The zero-order valence-corrected chi connectivity index (χ0v) is 10.4. The van der Waals surface area contributed by atoms with E-state index in [1.54, 1.807) is 6.26 Å². The number of carbonyl (C=O) groups is 1. The molecule has 0 bridgehead atoms. The molecular formula is C16H16O2. The summed E-state index contributed by atoms with van der Waals surface area (Å²) in [7, 11) is 0. The smallest absolute Gasteiger partial charge is 0.163 e. The molecule has 0 saturated carbocycles. The lowest BCUT2D eigenvalue weighted by molar-refractivity contribution is 0.0972. The summed E-state index contributed by atoms with van der Waals surface area (Å²) in [6, 6.07) is 13.1. The lowest BCUT2D eigenvalue weighted by Gasteiger charge is -2.05. The predicted octanol–water partition coefficient (Wildman–Crippen LogP) is 4.20. The largest absolute Gasteiger partial charge is 0.465 e. The summed E-state index contributed by atoms with van der Waals surface area (Å²) in [6.07, 6.45) is 6.06. The molecule has 0 aliphatic rings. The van der Waals surface area contributed by atoms with E-state index in [1.807, 2.05) is 61.5 Å². The van der Waals surface area contributed by atoms with Crippen LogP contribution in [0.25, 0.3) is 6.08 Å². The normalized spacial score (nSPS) is 12.7. The topological polar surface area (TPSA) is 30.2 Å². The Kier molecular flexibility index (Phi) is 4.13. The Morgan fingerprint density at radius 3 is 2.67 bits per heavy atom. The molecule has 2 aromatic rings. The average molecular weight is 240 g/mol. The number of ketones is 1. The van der Waals surface area contributed by atoms with Crippen LogP contribution in [0, 0.1) is 5.92 Å². The second kappa shape index (κ2) is 6.01. The maximum absolute atomic E-state index is 12.0. The van der Waals surface area contributed by atoms with E-state index in [0.29, 0.717) is 6.42 Å². The maximum Gasteiger partial charge on any atom is 0.163 e. The molecule has 0 fully saturated rings. The molecule has 0 spiro atoms. The zero-order chi connectivity index (χ0) is 12.8. The van der Waals surface area contributed by atoms with Crippen molar-refractivity contribution in [2.45, 2.75) is 13.3 Å². The van der Waals surface area contributed by atoms with E-state index in [4.69, 9.17) is 4.42 Å². The molecule has 1 heterocycles. The molecule has 2 rings (SSSR count). The Balaban J connectivity index is 1.92. The van der Waals surface area contributed by atoms with Crippen LogP contribution in [0.1, 0.15) is 29.5 Å². The Morgan fingerprint density at radius 1 is 1.22 bits per heavy atom. The van der Waals surface area contributed by atoms with Crippen molar-refractivity contribution in [3.63, 3.8) is 0 Å². The fourth-order valence-electron chi connectivity index (χ4n) is 1.75. The summed E-state index contributed by atoms with van der Waals surface area (Å²) in [4.78, 5) is 12.0. The van der Waals surface area contributed by atoms with Gasteiger partial charge in [0.1, 0.15) is 5.76 Å². The third-order valence-corrected chi connectivity index (χ3v) is 2.74. The standard InChI is InChI=1S/C16H16O2/c1-13(9-10-15-8-5-11-18-15)12-16(17)14-6-3-2-4-7-14/h2-11,13H,12H2,1H3/b10-9+/t13-/m1/s1. The number of rotatable bonds is 5. The third-order valence-electron chi connectivity index (χ3n) is 2.74. The summed E-state index contributed by atoms with van der Waals surface area (Å²) in [5, 5.41) is 0. The lowest BCUT2D eigenvalue weighted by atomic mass is 9.99. The van der Waals surface area contributed by atoms with Gasteiger partial charge in [0.2, 0.25) is 0 Å². The highest BCUT2D eigenvalue weighted by atomic mass is 16.3. The minimum atomic E-state index is 0.173. The van der Waals surface area contributed by atoms with Crippen LogP contribution in [0.4, 0.5) is 0 Å². The first kappa shape index (κ1) is 12.4. The monoisotopic (exact) mass is 240 g/mol. The molecule has 0 amide bonds. The predicted molar refractivity (Wildman–Crippen MR) is 72.3 cm³/mol. The second-order valence-electron chi connectivity index (χ2n) is 4.35. The minimum absolute atomic E-state index is 0.173. The number of carbonyl (C=O) groups excluding carboxylic acids is 1. The molecule has 0 N–H and O–H groups in total. The van der Waals surface area contributed by atoms with E-state index in [2.05, 4.69) is 0 Å². The molecule has 1 aromatic heterocycles. The lowest BCUT2D eigenvalue weighted by Crippen LogP contribution is -2.03. The molecule has 2 nitrogen and oxygen atoms in total. The number of furan rings is 1. The average Bonchev–Trinajstić information content (AvgIpc) is 2.90. The molecule has 2 heteroatoms. The van der Waals surface area contributed by atoms with Crippen molar-refractivity contribution in [2.75, 3.05) is 0 Å². The first-order chi connectivity index (χ1) is 8.75. The van der Waals surface area contributed by atoms with Gasteiger partial charge in [-0.1, -0.05) is 43.3 Å². The van der Waals surface area contributed by atoms with Crippen molar-refractivity contribution >= 4 is 11.9 Å². The Hall–Kier alpha value is -2.09. The highest BCUT2D eigenvalue weighted by molar-refractivity contribution is 5.96. The number of hydrogen-bond acceptors (Lipinski definition) is 2. The van der Waals surface area contributed by atoms with Crippen LogP contribution in [0.5, 0.6) is 0 Å². The van der Waals surface area contributed by atoms with Gasteiger partial charge in [0, 0.05) is 12.0 Å². The molecule has 0 aliphatic heterocycles. The molecule has 92 valence electrons. The first-order valence-corrected chi connectivity index (χ1v) is 6.05. The summed E-state index contributed by atoms with van der Waals surface area (Å²) in [5.74, 6) is 1.18. The van der Waals surface area contributed by atoms with Crippen LogP contribution >= 0.6 is 0 Å². The molecule has 1 atom stereocenters. The molecule has 0 radical (unpaired) electrons. The van der Waals surface area contributed by atoms with Gasteiger partial charge in [0.25, 0.3) is 0 Å². The molecule has 18 heavy (non-hydrogen) atoms. The van der Waals surface area contributed by atoms with E-state index in [0.717, 1.165) is 11.3 Å². The fourth-order valence-corrected chi connectivity index (χ4v) is 1.75. The van der Waals surface area contributed by atoms with Crippen LogP contribution in [0.3, 0.4) is 0 Å². The number of allylic oxidation sites excluding steroid dienone is 1. The Labute approximate surface area is 107 Å². The van der Waals surface area contributed by atoms with Crippen molar-refractivity contribution in [3.8, 4) is 0 Å². The van der Waals surface area contributed by atoms with Crippen molar-refractivity contribution in [1.29, 1.82) is 0 Å². The third kappa shape index (κ3) is 3.45. The molecular weight excluding hydrogens is 224 g/mol. The van der Waals surface area contributed by atoms with Gasteiger partial charge in [-0.05, 0) is 24.1 Å². The summed E-state index contributed by atoms with van der Waals surface area (Å²) < 4.78 is 5.20. The fraction of sp³-hybridized carbons (Fsp3) is 0.188. The maximum atomic E-state index is 12.0. The second-order valence-corrected chi connectivity index (χ2v) is 4.35. The van der Waals surface area contributed by atoms with Gasteiger partial charge >= 0.3 is 0 Å². The van der Waals surface area contributed by atoms with Crippen LogP contribution in [0.2, 0.25) is 0 Å². The SMILES string of the molecule is C[C@H](/C=C/c1ccco1)CC(=O)c1ccccc1. The number of Topliss-reactive ketones (excluding diaryl/α,β-unsaturated/α-hetero) is 1. The van der Waals surface area contributed by atoms with Crippen LogP contribution in [-0.4, -0.2) is 5.78 Å². The van der Waals surface area contributed by atoms with E-state index in [9.17, 15) is 4.79 Å². The molecule has 1 aromatic carbocycles. The first-order valence-electron chi connectivity index (χ1n) is 6.05. The number of benzene rings is 1. The van der Waals surface area contributed by atoms with E-state index < -0.39 is 0 Å². The van der Waals surface area contributed by atoms with Crippen LogP contribution < -0.4 is 0 Å². The molecule has 0 unspecified atom stereocenters. The summed E-state index contributed by atoms with van der Waals surface area (Å²) >= 11 is 0. The van der Waals surface area contributed by atoms with Crippen LogP contribution in [-0.2, 0) is 0 Å². The van der Waals surface area contributed by atoms with Crippen molar-refractivity contribution in [3.05, 3.63) is 66.1 Å². The van der Waals surface area contributed by atoms with Gasteiger partial charge in [-0.2, -0.15) is 0 Å². The molecule has 0 aliphatic carbocycles. The van der Waals surface area contributed by atoms with E-state index >= 15 is 0 Å². The van der Waals surface area contributed by atoms with Gasteiger partial charge in [-0.25, -0.2) is 0 Å². The quantitative estimate of drug-likeness (QED) is 0.733. The van der Waals surface area contributed by atoms with Crippen molar-refractivity contribution in [1.82, 2.24) is 0 Å². The Morgan fingerprint density at radius 2 is 2.00 bits per heavy atom. The van der Waals surface area contributed by atoms with E-state index in [1.165, 1.54) is 0 Å². The highest BCUT2D eigenvalue weighted by Crippen LogP contribution is 2.13. The van der Waals surface area contributed by atoms with Gasteiger partial charge < -0.3 is 4.42 Å². The zero-order valence-electron chi connectivity index (χ0n) is 10.4.